The van der Waals surface area contributed by atoms with Crippen LogP contribution in [0.1, 0.15) is 5.56 Å². The van der Waals surface area contributed by atoms with Gasteiger partial charge in [-0.2, -0.15) is 0 Å². The molecule has 25 heavy (non-hydrogen) atoms. The van der Waals surface area contributed by atoms with E-state index in [0.717, 1.165) is 55.0 Å². The summed E-state index contributed by atoms with van der Waals surface area (Å²) in [4.78, 5) is 11.0. The van der Waals surface area contributed by atoms with Gasteiger partial charge in [0.05, 0.1) is 11.1 Å². The molecule has 1 N–H and O–H groups in total. The largest absolute Gasteiger partial charge is 0.314 e. The number of nitrogens with one attached hydrogen (secondary N) is 1. The van der Waals surface area contributed by atoms with Crippen molar-refractivity contribution in [2.45, 2.75) is 6.54 Å². The summed E-state index contributed by atoms with van der Waals surface area (Å²) in [5, 5.41) is 4.77. The molecule has 1 saturated heterocycles. The Labute approximate surface area is 167 Å². The van der Waals surface area contributed by atoms with Gasteiger partial charge in [-0.25, -0.2) is 9.97 Å². The van der Waals surface area contributed by atoms with Crippen LogP contribution >= 0.6 is 41.9 Å². The van der Waals surface area contributed by atoms with Gasteiger partial charge in [0.15, 0.2) is 5.65 Å². The van der Waals surface area contributed by atoms with Crippen LogP contribution in [0.2, 0.25) is 5.15 Å². The van der Waals surface area contributed by atoms with Gasteiger partial charge in [0.1, 0.15) is 11.5 Å². The zero-order valence-electron chi connectivity index (χ0n) is 13.5. The molecule has 1 fully saturated rings. The monoisotopic (exact) mass is 485 g/mol. The maximum absolute atomic E-state index is 6.23. The van der Waals surface area contributed by atoms with E-state index in [0.29, 0.717) is 5.15 Å². The van der Waals surface area contributed by atoms with E-state index in [1.54, 1.807) is 9.12 Å². The summed E-state index contributed by atoms with van der Waals surface area (Å²) in [5.74, 6) is 0. The lowest BCUT2D eigenvalue weighted by Gasteiger charge is -2.27. The van der Waals surface area contributed by atoms with E-state index in [4.69, 9.17) is 11.6 Å². The van der Waals surface area contributed by atoms with E-state index in [1.807, 2.05) is 0 Å². The third-order valence-electron chi connectivity index (χ3n) is 4.44. The highest BCUT2D eigenvalue weighted by Crippen LogP contribution is 2.35. The number of aromatic nitrogens is 3. The van der Waals surface area contributed by atoms with E-state index in [-0.39, 0.29) is 0 Å². The van der Waals surface area contributed by atoms with Crippen LogP contribution in [-0.2, 0) is 6.54 Å². The van der Waals surface area contributed by atoms with Crippen molar-refractivity contribution in [3.05, 3.63) is 47.4 Å². The Kier molecular flexibility index (Phi) is 5.47. The van der Waals surface area contributed by atoms with Crippen LogP contribution in [0.15, 0.2) is 36.7 Å². The molecule has 0 saturated carbocycles. The highest BCUT2D eigenvalue weighted by molar-refractivity contribution is 14.2. The van der Waals surface area contributed by atoms with Crippen molar-refractivity contribution >= 4 is 53.0 Å². The topological polar surface area (TPSA) is 46.0 Å². The third-order valence-corrected chi connectivity index (χ3v) is 6.43. The lowest BCUT2D eigenvalue weighted by atomic mass is 10.1. The van der Waals surface area contributed by atoms with Crippen molar-refractivity contribution in [2.75, 3.05) is 26.2 Å². The molecule has 0 unspecified atom stereocenters. The molecule has 8 heteroatoms. The molecule has 130 valence electrons. The number of rotatable bonds is 4. The fraction of sp³-hybridized carbons (Fsp3) is 0.294. The quantitative estimate of drug-likeness (QED) is 0.447. The standard InChI is InChI=1S/C17H17ClIN5S/c18-16-14-9-15(24(25-19)17(14)22-11-21-16)13-3-1-12(2-4-13)10-23-7-5-20-6-8-23/h1-4,9,11,20H,5-8,10H2. The highest BCUT2D eigenvalue weighted by atomic mass is 127. The molecule has 1 aliphatic rings. The van der Waals surface area contributed by atoms with Gasteiger partial charge in [-0.3, -0.25) is 8.87 Å². The van der Waals surface area contributed by atoms with E-state index in [2.05, 4.69) is 75.7 Å². The smallest absolute Gasteiger partial charge is 0.156 e. The molecule has 0 bridgehead atoms. The predicted molar refractivity (Wildman–Crippen MR) is 113 cm³/mol. The molecular formula is C17H17ClIN5S. The van der Waals surface area contributed by atoms with Crippen molar-refractivity contribution in [3.8, 4) is 11.3 Å². The summed E-state index contributed by atoms with van der Waals surface area (Å²) in [6.07, 6.45) is 1.51. The molecule has 0 aliphatic carbocycles. The first kappa shape index (κ1) is 17.5. The summed E-state index contributed by atoms with van der Waals surface area (Å²) >= 11 is 8.50. The fourth-order valence-electron chi connectivity index (χ4n) is 3.14. The Morgan fingerprint density at radius 1 is 1.16 bits per heavy atom. The lowest BCUT2D eigenvalue weighted by molar-refractivity contribution is 0.233. The average molecular weight is 486 g/mol. The number of halogens is 2. The van der Waals surface area contributed by atoms with E-state index in [9.17, 15) is 0 Å². The molecule has 4 rings (SSSR count). The minimum Gasteiger partial charge on any atom is -0.314 e. The zero-order chi connectivity index (χ0) is 17.2. The first-order valence-corrected chi connectivity index (χ1v) is 11.8. The Bertz CT molecular complexity index is 877. The van der Waals surface area contributed by atoms with Gasteiger partial charge in [0.25, 0.3) is 0 Å². The molecular weight excluding hydrogens is 469 g/mol. The van der Waals surface area contributed by atoms with Gasteiger partial charge < -0.3 is 5.32 Å². The first-order valence-electron chi connectivity index (χ1n) is 8.09. The molecule has 1 aromatic carbocycles. The first-order chi connectivity index (χ1) is 12.3. The number of benzene rings is 1. The van der Waals surface area contributed by atoms with Crippen molar-refractivity contribution < 1.29 is 0 Å². The summed E-state index contributed by atoms with van der Waals surface area (Å²) < 4.78 is 2.09. The van der Waals surface area contributed by atoms with Crippen LogP contribution in [0.4, 0.5) is 0 Å². The maximum Gasteiger partial charge on any atom is 0.156 e. The molecule has 2 aromatic heterocycles. The Morgan fingerprint density at radius 3 is 2.64 bits per heavy atom. The van der Waals surface area contributed by atoms with Gasteiger partial charge in [-0.15, -0.1) is 0 Å². The van der Waals surface area contributed by atoms with Gasteiger partial charge in [-0.05, 0) is 17.2 Å². The normalized spacial score (nSPS) is 15.8. The lowest BCUT2D eigenvalue weighted by Crippen LogP contribution is -2.42. The summed E-state index contributed by atoms with van der Waals surface area (Å²) in [5.41, 5.74) is 4.43. The summed E-state index contributed by atoms with van der Waals surface area (Å²) in [6.45, 7) is 5.38. The van der Waals surface area contributed by atoms with Crippen molar-refractivity contribution in [1.82, 2.24) is 24.2 Å². The van der Waals surface area contributed by atoms with Crippen LogP contribution in [0.5, 0.6) is 0 Å². The number of fused-ring (bicyclic) bond motifs is 1. The molecule has 0 spiro atoms. The Balaban J connectivity index is 1.63. The SMILES string of the molecule is Clc1ncnc2c1cc(-c1ccc(CN3CCNCC3)cc1)n2SI. The molecule has 5 nitrogen and oxygen atoms in total. The third kappa shape index (κ3) is 3.66. The average Bonchev–Trinajstić information content (AvgIpc) is 3.03. The summed E-state index contributed by atoms with van der Waals surface area (Å²) in [6, 6.07) is 10.8. The van der Waals surface area contributed by atoms with E-state index in [1.165, 1.54) is 11.9 Å². The van der Waals surface area contributed by atoms with Crippen LogP contribution in [0.25, 0.3) is 22.3 Å². The van der Waals surface area contributed by atoms with Crippen LogP contribution in [-0.4, -0.2) is 45.0 Å². The van der Waals surface area contributed by atoms with Crippen LogP contribution in [0, 0.1) is 0 Å². The fourth-order valence-corrected chi connectivity index (χ4v) is 4.96. The number of piperazine rings is 1. The molecule has 0 radical (unpaired) electrons. The Morgan fingerprint density at radius 2 is 1.92 bits per heavy atom. The second-order valence-electron chi connectivity index (χ2n) is 6.02. The maximum atomic E-state index is 6.23. The van der Waals surface area contributed by atoms with E-state index < -0.39 is 0 Å². The van der Waals surface area contributed by atoms with Gasteiger partial charge in [0, 0.05) is 63.0 Å². The highest BCUT2D eigenvalue weighted by Gasteiger charge is 2.15. The van der Waals surface area contributed by atoms with Crippen LogP contribution in [0.3, 0.4) is 0 Å². The molecule has 0 amide bonds. The second-order valence-corrected chi connectivity index (χ2v) is 8.06. The van der Waals surface area contributed by atoms with Crippen molar-refractivity contribution in [1.29, 1.82) is 0 Å². The minimum atomic E-state index is 0.491. The molecule has 0 atom stereocenters. The van der Waals surface area contributed by atoms with Gasteiger partial charge >= 0.3 is 0 Å². The number of hydrogen-bond acceptors (Lipinski definition) is 5. The van der Waals surface area contributed by atoms with Gasteiger partial charge in [-0.1, -0.05) is 35.9 Å². The zero-order valence-corrected chi connectivity index (χ0v) is 17.2. The number of hydrogen-bond donors (Lipinski definition) is 1. The molecule has 3 aromatic rings. The van der Waals surface area contributed by atoms with Crippen molar-refractivity contribution in [2.24, 2.45) is 0 Å². The molecule has 1 aliphatic heterocycles. The van der Waals surface area contributed by atoms with Crippen molar-refractivity contribution in [3.63, 3.8) is 0 Å². The van der Waals surface area contributed by atoms with Gasteiger partial charge in [0.2, 0.25) is 0 Å². The van der Waals surface area contributed by atoms with E-state index >= 15 is 0 Å². The minimum absolute atomic E-state index is 0.491. The second kappa shape index (κ2) is 7.79. The van der Waals surface area contributed by atoms with Crippen LogP contribution < -0.4 is 5.32 Å². The Hall–Kier alpha value is -0.870. The predicted octanol–water partition coefficient (Wildman–Crippen LogP) is 4.00. The number of nitrogens with zero attached hydrogens (tertiary/aromatic N) is 4. The summed E-state index contributed by atoms with van der Waals surface area (Å²) in [7, 11) is 1.59. The molecule has 3 heterocycles.